The zero-order chi connectivity index (χ0) is 13.7. The van der Waals surface area contributed by atoms with E-state index in [4.69, 9.17) is 11.6 Å². The molecule has 0 bridgehead atoms. The molecule has 2 aliphatic rings. The van der Waals surface area contributed by atoms with E-state index in [1.165, 1.54) is 7.05 Å². The Balaban J connectivity index is 2.02. The van der Waals surface area contributed by atoms with Gasteiger partial charge in [-0.15, -0.1) is 11.6 Å². The maximum atomic E-state index is 11.9. The standard InChI is InChI=1S/C13H11ClN2O3/c1-15-12(18)9-3-2-8(5-10(9)13(15)19)16-6-7(14)4-11(16)17/h2-3,5,7H,4,6H2,1H3. The summed E-state index contributed by atoms with van der Waals surface area (Å²) < 4.78 is 0. The molecule has 5 nitrogen and oxygen atoms in total. The number of hydrogen-bond acceptors (Lipinski definition) is 3. The van der Waals surface area contributed by atoms with Gasteiger partial charge in [0.25, 0.3) is 11.8 Å². The van der Waals surface area contributed by atoms with Gasteiger partial charge in [0.05, 0.1) is 16.5 Å². The fraction of sp³-hybridized carbons (Fsp3) is 0.308. The number of fused-ring (bicyclic) bond motifs is 1. The highest BCUT2D eigenvalue weighted by molar-refractivity contribution is 6.24. The van der Waals surface area contributed by atoms with E-state index in [0.717, 1.165) is 4.90 Å². The van der Waals surface area contributed by atoms with E-state index in [1.54, 1.807) is 23.1 Å². The smallest absolute Gasteiger partial charge is 0.261 e. The number of hydrogen-bond donors (Lipinski definition) is 0. The molecule has 6 heteroatoms. The van der Waals surface area contributed by atoms with Crippen LogP contribution >= 0.6 is 11.6 Å². The highest BCUT2D eigenvalue weighted by atomic mass is 35.5. The molecular weight excluding hydrogens is 268 g/mol. The summed E-state index contributed by atoms with van der Waals surface area (Å²) in [5, 5.41) is -0.208. The molecule has 0 spiro atoms. The fourth-order valence-corrected chi connectivity index (χ4v) is 2.70. The van der Waals surface area contributed by atoms with Crippen LogP contribution in [0.2, 0.25) is 0 Å². The number of imide groups is 1. The highest BCUT2D eigenvalue weighted by Gasteiger charge is 2.35. The normalized spacial score (nSPS) is 22.4. The molecule has 1 aromatic carbocycles. The first-order chi connectivity index (χ1) is 8.99. The first kappa shape index (κ1) is 12.2. The van der Waals surface area contributed by atoms with Gasteiger partial charge in [0, 0.05) is 25.7 Å². The van der Waals surface area contributed by atoms with Crippen LogP contribution in [-0.2, 0) is 4.79 Å². The quantitative estimate of drug-likeness (QED) is 0.574. The second-order valence-electron chi connectivity index (χ2n) is 4.70. The molecule has 3 amide bonds. The number of benzene rings is 1. The molecule has 0 saturated carbocycles. The monoisotopic (exact) mass is 278 g/mol. The van der Waals surface area contributed by atoms with Gasteiger partial charge in [-0.05, 0) is 18.2 Å². The van der Waals surface area contributed by atoms with Crippen molar-refractivity contribution in [3.63, 3.8) is 0 Å². The summed E-state index contributed by atoms with van der Waals surface area (Å²) in [5.74, 6) is -0.712. The van der Waals surface area contributed by atoms with Gasteiger partial charge in [0.2, 0.25) is 5.91 Å². The lowest BCUT2D eigenvalue weighted by Crippen LogP contribution is -2.25. The van der Waals surface area contributed by atoms with Crippen LogP contribution in [0, 0.1) is 0 Å². The molecule has 2 aliphatic heterocycles. The van der Waals surface area contributed by atoms with Crippen molar-refractivity contribution in [3.8, 4) is 0 Å². The number of alkyl halides is 1. The topological polar surface area (TPSA) is 57.7 Å². The van der Waals surface area contributed by atoms with Crippen molar-refractivity contribution in [2.75, 3.05) is 18.5 Å². The predicted octanol–water partition coefficient (Wildman–Crippen LogP) is 1.26. The predicted molar refractivity (Wildman–Crippen MR) is 69.5 cm³/mol. The lowest BCUT2D eigenvalue weighted by atomic mass is 10.1. The van der Waals surface area contributed by atoms with Crippen LogP contribution in [-0.4, -0.2) is 41.6 Å². The van der Waals surface area contributed by atoms with Gasteiger partial charge in [-0.3, -0.25) is 19.3 Å². The lowest BCUT2D eigenvalue weighted by Gasteiger charge is -2.16. The summed E-state index contributed by atoms with van der Waals surface area (Å²) in [4.78, 5) is 38.1. The molecule has 19 heavy (non-hydrogen) atoms. The van der Waals surface area contributed by atoms with Crippen molar-refractivity contribution < 1.29 is 14.4 Å². The second-order valence-corrected chi connectivity index (χ2v) is 5.32. The van der Waals surface area contributed by atoms with Gasteiger partial charge in [-0.25, -0.2) is 0 Å². The van der Waals surface area contributed by atoms with Crippen molar-refractivity contribution in [3.05, 3.63) is 29.3 Å². The van der Waals surface area contributed by atoms with Gasteiger partial charge in [0.15, 0.2) is 0 Å². The van der Waals surface area contributed by atoms with Crippen LogP contribution in [0.5, 0.6) is 0 Å². The molecule has 1 unspecified atom stereocenters. The third-order valence-corrected chi connectivity index (χ3v) is 3.76. The number of halogens is 1. The van der Waals surface area contributed by atoms with Gasteiger partial charge in [0.1, 0.15) is 0 Å². The molecule has 2 heterocycles. The van der Waals surface area contributed by atoms with Crippen molar-refractivity contribution in [2.24, 2.45) is 0 Å². The Labute approximate surface area is 114 Å². The van der Waals surface area contributed by atoms with Crippen molar-refractivity contribution >= 4 is 35.0 Å². The summed E-state index contributed by atoms with van der Waals surface area (Å²) in [6.07, 6.45) is 0.297. The Morgan fingerprint density at radius 1 is 1.16 bits per heavy atom. The zero-order valence-corrected chi connectivity index (χ0v) is 11.0. The minimum atomic E-state index is -0.337. The third kappa shape index (κ3) is 1.73. The highest BCUT2D eigenvalue weighted by Crippen LogP contribution is 2.29. The largest absolute Gasteiger partial charge is 0.311 e. The summed E-state index contributed by atoms with van der Waals surface area (Å²) in [7, 11) is 1.44. The molecule has 98 valence electrons. The first-order valence-electron chi connectivity index (χ1n) is 5.90. The SMILES string of the molecule is CN1C(=O)c2ccc(N3CC(Cl)CC3=O)cc2C1=O. The summed E-state index contributed by atoms with van der Waals surface area (Å²) in [6, 6.07) is 4.85. The summed E-state index contributed by atoms with van der Waals surface area (Å²) in [6.45, 7) is 0.428. The molecule has 1 atom stereocenters. The van der Waals surface area contributed by atoms with Crippen LogP contribution in [0.25, 0.3) is 0 Å². The zero-order valence-electron chi connectivity index (χ0n) is 10.2. The Kier molecular flexibility index (Phi) is 2.60. The minimum absolute atomic E-state index is 0.0647. The van der Waals surface area contributed by atoms with E-state index < -0.39 is 0 Å². The van der Waals surface area contributed by atoms with Gasteiger partial charge >= 0.3 is 0 Å². The average molecular weight is 279 g/mol. The Bertz CT molecular complexity index is 614. The van der Waals surface area contributed by atoms with Crippen LogP contribution in [0.1, 0.15) is 27.1 Å². The number of carbonyl (C=O) groups excluding carboxylic acids is 3. The summed E-state index contributed by atoms with van der Waals surface area (Å²) in [5.41, 5.74) is 1.34. The van der Waals surface area contributed by atoms with Gasteiger partial charge in [-0.2, -0.15) is 0 Å². The Morgan fingerprint density at radius 3 is 2.47 bits per heavy atom. The molecule has 1 fully saturated rings. The number of carbonyl (C=O) groups is 3. The molecule has 0 radical (unpaired) electrons. The van der Waals surface area contributed by atoms with Crippen LogP contribution in [0.15, 0.2) is 18.2 Å². The Morgan fingerprint density at radius 2 is 1.84 bits per heavy atom. The molecule has 3 rings (SSSR count). The van der Waals surface area contributed by atoms with E-state index in [-0.39, 0.29) is 23.1 Å². The molecule has 0 aromatic heterocycles. The van der Waals surface area contributed by atoms with Crippen molar-refractivity contribution in [1.82, 2.24) is 4.90 Å². The first-order valence-corrected chi connectivity index (χ1v) is 6.33. The maximum Gasteiger partial charge on any atom is 0.261 e. The average Bonchev–Trinajstić information content (AvgIpc) is 2.83. The van der Waals surface area contributed by atoms with Gasteiger partial charge in [-0.1, -0.05) is 0 Å². The fourth-order valence-electron chi connectivity index (χ4n) is 2.43. The molecule has 1 saturated heterocycles. The van der Waals surface area contributed by atoms with Crippen LogP contribution in [0.4, 0.5) is 5.69 Å². The number of nitrogens with zero attached hydrogens (tertiary/aromatic N) is 2. The number of rotatable bonds is 1. The number of anilines is 1. The van der Waals surface area contributed by atoms with E-state index >= 15 is 0 Å². The lowest BCUT2D eigenvalue weighted by molar-refractivity contribution is -0.117. The maximum absolute atomic E-state index is 11.9. The minimum Gasteiger partial charge on any atom is -0.311 e. The van der Waals surface area contributed by atoms with E-state index in [1.807, 2.05) is 0 Å². The van der Waals surface area contributed by atoms with E-state index in [2.05, 4.69) is 0 Å². The van der Waals surface area contributed by atoms with E-state index in [0.29, 0.717) is 29.8 Å². The summed E-state index contributed by atoms with van der Waals surface area (Å²) >= 11 is 5.95. The van der Waals surface area contributed by atoms with Crippen LogP contribution in [0.3, 0.4) is 0 Å². The Hall–Kier alpha value is -1.88. The third-order valence-electron chi connectivity index (χ3n) is 3.46. The van der Waals surface area contributed by atoms with Crippen molar-refractivity contribution in [1.29, 1.82) is 0 Å². The molecule has 0 N–H and O–H groups in total. The molecular formula is C13H11ClN2O3. The second kappa shape index (κ2) is 4.06. The number of amides is 3. The van der Waals surface area contributed by atoms with Gasteiger partial charge < -0.3 is 4.90 Å². The van der Waals surface area contributed by atoms with Crippen LogP contribution < -0.4 is 4.90 Å². The molecule has 1 aromatic rings. The van der Waals surface area contributed by atoms with Crippen molar-refractivity contribution in [2.45, 2.75) is 11.8 Å². The van der Waals surface area contributed by atoms with E-state index in [9.17, 15) is 14.4 Å². The molecule has 0 aliphatic carbocycles.